The number of nitrogens with zero attached hydrogens (tertiary/aromatic N) is 9. The average molecular weight is 763 g/mol. The van der Waals surface area contributed by atoms with E-state index < -0.39 is 0 Å². The van der Waals surface area contributed by atoms with Gasteiger partial charge in [0.25, 0.3) is 11.1 Å². The predicted octanol–water partition coefficient (Wildman–Crippen LogP) is 6.89. The van der Waals surface area contributed by atoms with E-state index in [9.17, 15) is 9.59 Å². The highest BCUT2D eigenvalue weighted by Crippen LogP contribution is 2.23. The number of anilines is 1. The van der Waals surface area contributed by atoms with Crippen LogP contribution in [0.15, 0.2) is 120 Å². The fourth-order valence-electron chi connectivity index (χ4n) is 5.46. The molecule has 0 saturated heterocycles. The SMILES string of the molecule is C.CC(N)c1nc2cccnc2c(=O)n1-c1ccccc1.CC(Nc1ncnc2nc[nH]c12)c1nc2cccnc2c(=O)n1-c1ccccc1.F.FF.FF. The summed E-state index contributed by atoms with van der Waals surface area (Å²) in [5.41, 5.74) is 10.0. The molecule has 4 N–H and O–H groups in total. The number of fused-ring (bicyclic) bond motifs is 3. The molecule has 6 aromatic heterocycles. The van der Waals surface area contributed by atoms with E-state index in [1.54, 1.807) is 47.6 Å². The molecule has 0 aliphatic carbocycles. The number of pyridine rings is 2. The van der Waals surface area contributed by atoms with E-state index in [2.05, 4.69) is 40.2 Å². The largest absolute Gasteiger partial charge is 0.358 e. The van der Waals surface area contributed by atoms with Crippen molar-refractivity contribution in [2.45, 2.75) is 33.4 Å². The topological polar surface area (TPSA) is 188 Å². The zero-order valence-electron chi connectivity index (χ0n) is 28.4. The Morgan fingerprint density at radius 3 is 1.67 bits per heavy atom. The molecule has 286 valence electrons. The van der Waals surface area contributed by atoms with Gasteiger partial charge in [-0.15, -0.1) is 0 Å². The van der Waals surface area contributed by atoms with E-state index in [1.165, 1.54) is 10.9 Å². The Bertz CT molecular complexity index is 2550. The molecule has 55 heavy (non-hydrogen) atoms. The lowest BCUT2D eigenvalue weighted by Gasteiger charge is -2.19. The highest BCUT2D eigenvalue weighted by Gasteiger charge is 2.20. The molecule has 0 fully saturated rings. The van der Waals surface area contributed by atoms with Crippen LogP contribution in [0.25, 0.3) is 44.6 Å². The molecule has 14 nitrogen and oxygen atoms in total. The number of aromatic nitrogens is 10. The van der Waals surface area contributed by atoms with Crippen molar-refractivity contribution in [1.29, 1.82) is 0 Å². The second-order valence-corrected chi connectivity index (χ2v) is 11.1. The van der Waals surface area contributed by atoms with Gasteiger partial charge in [0, 0.05) is 30.7 Å². The van der Waals surface area contributed by atoms with Crippen LogP contribution in [0.3, 0.4) is 0 Å². The minimum atomic E-state index is -0.354. The number of hydrogen-bond acceptors (Lipinski definition) is 11. The van der Waals surface area contributed by atoms with Gasteiger partial charge in [-0.3, -0.25) is 23.4 Å². The van der Waals surface area contributed by atoms with Crippen LogP contribution in [0, 0.1) is 0 Å². The first kappa shape index (κ1) is 42.4. The summed E-state index contributed by atoms with van der Waals surface area (Å²) in [6.45, 7) is 3.73. The molecular formula is C36H35F5N12O2. The zero-order chi connectivity index (χ0) is 37.9. The molecule has 6 heterocycles. The Morgan fingerprint density at radius 1 is 0.673 bits per heavy atom. The summed E-state index contributed by atoms with van der Waals surface area (Å²) < 4.78 is 35.1. The lowest BCUT2D eigenvalue weighted by Crippen LogP contribution is -2.28. The summed E-state index contributed by atoms with van der Waals surface area (Å²) in [7, 11) is 0. The molecule has 8 aromatic rings. The Balaban J connectivity index is 0.000000276. The highest BCUT2D eigenvalue weighted by atomic mass is 20.0. The molecule has 0 aliphatic heterocycles. The van der Waals surface area contributed by atoms with Gasteiger partial charge in [-0.2, -0.15) is 0 Å². The fourth-order valence-corrected chi connectivity index (χ4v) is 5.46. The number of aromatic amines is 1. The Labute approximate surface area is 308 Å². The van der Waals surface area contributed by atoms with Crippen LogP contribution < -0.4 is 22.2 Å². The van der Waals surface area contributed by atoms with E-state index >= 15 is 0 Å². The molecule has 0 amide bonds. The monoisotopic (exact) mass is 762 g/mol. The molecule has 0 spiro atoms. The smallest absolute Gasteiger partial charge is 0.284 e. The van der Waals surface area contributed by atoms with E-state index in [4.69, 9.17) is 29.0 Å². The standard InChI is InChI=1S/C20H16N8O.C15H14N4O.CH4.2F2.FH/c1-12(26-18-16-17(23-10-22-16)24-11-25-18)19-27-14-8-5-9-21-15(14)20(29)28(19)13-6-3-2-4-7-13;1-10(16)14-18-12-8-5-9-17-13(12)15(20)19(14)11-6-3-2-4-7-11;;2*1-2;/h2-12H,1H3,(H2,22,23,24,25,26);2-10H,16H2,1H3;1H4;;;1H. The van der Waals surface area contributed by atoms with E-state index in [1.807, 2.05) is 74.5 Å². The van der Waals surface area contributed by atoms with Crippen molar-refractivity contribution >= 4 is 39.0 Å². The number of imidazole rings is 1. The van der Waals surface area contributed by atoms with Crippen LogP contribution in [0.5, 0.6) is 0 Å². The summed E-state index contributed by atoms with van der Waals surface area (Å²) in [5, 5.41) is 3.32. The maximum Gasteiger partial charge on any atom is 0.284 e. The molecule has 0 radical (unpaired) electrons. The van der Waals surface area contributed by atoms with Crippen LogP contribution >= 0.6 is 0 Å². The molecule has 0 bridgehead atoms. The van der Waals surface area contributed by atoms with Crippen LogP contribution in [0.2, 0.25) is 0 Å². The number of para-hydroxylation sites is 2. The molecule has 19 heteroatoms. The number of nitrogens with two attached hydrogens (primary N) is 1. The number of benzene rings is 2. The first-order chi connectivity index (χ1) is 25.9. The lowest BCUT2D eigenvalue weighted by molar-refractivity contribution is 0.108. The van der Waals surface area contributed by atoms with E-state index in [0.717, 1.165) is 11.4 Å². The second kappa shape index (κ2) is 19.7. The van der Waals surface area contributed by atoms with Gasteiger partial charge in [0.05, 0.1) is 40.8 Å². The first-order valence-corrected chi connectivity index (χ1v) is 15.7. The summed E-state index contributed by atoms with van der Waals surface area (Å²) in [6, 6.07) is 25.1. The van der Waals surface area contributed by atoms with Crippen molar-refractivity contribution in [2.75, 3.05) is 5.32 Å². The van der Waals surface area contributed by atoms with Crippen molar-refractivity contribution in [3.63, 3.8) is 0 Å². The van der Waals surface area contributed by atoms with Crippen LogP contribution in [-0.2, 0) is 0 Å². The van der Waals surface area contributed by atoms with Gasteiger partial charge in [-0.25, -0.2) is 34.9 Å². The summed E-state index contributed by atoms with van der Waals surface area (Å²) in [6.07, 6.45) is 6.19. The maximum atomic E-state index is 13.3. The van der Waals surface area contributed by atoms with Crippen molar-refractivity contribution in [3.8, 4) is 11.4 Å². The molecule has 0 saturated carbocycles. The van der Waals surface area contributed by atoms with Gasteiger partial charge in [-0.05, 0) is 62.4 Å². The van der Waals surface area contributed by atoms with Gasteiger partial charge in [0.2, 0.25) is 0 Å². The van der Waals surface area contributed by atoms with Gasteiger partial charge in [0.15, 0.2) is 22.5 Å². The maximum absolute atomic E-state index is 13.3. The predicted molar refractivity (Wildman–Crippen MR) is 200 cm³/mol. The number of H-pyrrole nitrogens is 1. The quantitative estimate of drug-likeness (QED) is 0.150. The molecule has 8 rings (SSSR count). The second-order valence-electron chi connectivity index (χ2n) is 11.1. The number of nitrogens with one attached hydrogen (secondary N) is 2. The van der Waals surface area contributed by atoms with Crippen molar-refractivity contribution in [3.05, 3.63) is 142 Å². The molecule has 2 unspecified atom stereocenters. The van der Waals surface area contributed by atoms with Gasteiger partial charge in [-0.1, -0.05) is 43.8 Å². The third-order valence-corrected chi connectivity index (χ3v) is 7.71. The molecule has 2 aromatic carbocycles. The van der Waals surface area contributed by atoms with Crippen LogP contribution in [-0.4, -0.2) is 49.0 Å². The van der Waals surface area contributed by atoms with Crippen molar-refractivity contribution in [1.82, 2.24) is 49.0 Å². The minimum Gasteiger partial charge on any atom is -0.358 e. The van der Waals surface area contributed by atoms with Gasteiger partial charge >= 0.3 is 0 Å². The normalized spacial score (nSPS) is 11.3. The number of halogens is 5. The average Bonchev–Trinajstić information content (AvgIpc) is 3.70. The minimum absolute atomic E-state index is 0. The van der Waals surface area contributed by atoms with Crippen molar-refractivity contribution < 1.29 is 23.0 Å². The lowest BCUT2D eigenvalue weighted by atomic mass is 10.2. The highest BCUT2D eigenvalue weighted by molar-refractivity contribution is 5.82. The summed E-state index contributed by atoms with van der Waals surface area (Å²) in [4.78, 5) is 59.2. The van der Waals surface area contributed by atoms with E-state index in [-0.39, 0.29) is 35.3 Å². The Kier molecular flexibility index (Phi) is 15.2. The third kappa shape index (κ3) is 8.96. The zero-order valence-corrected chi connectivity index (χ0v) is 28.4. The first-order valence-electron chi connectivity index (χ1n) is 15.7. The Morgan fingerprint density at radius 2 is 1.16 bits per heavy atom. The van der Waals surface area contributed by atoms with Gasteiger partial charge < -0.3 is 16.0 Å². The fraction of sp³-hybridized carbons (Fsp3) is 0.139. The molecular weight excluding hydrogens is 727 g/mol. The van der Waals surface area contributed by atoms with Crippen LogP contribution in [0.1, 0.15) is 45.0 Å². The summed E-state index contributed by atoms with van der Waals surface area (Å²) in [5.74, 6) is 1.66. The van der Waals surface area contributed by atoms with Crippen LogP contribution in [0.4, 0.5) is 28.8 Å². The number of rotatable bonds is 6. The number of hydrogen-bond donors (Lipinski definition) is 3. The van der Waals surface area contributed by atoms with E-state index in [0.29, 0.717) is 50.7 Å². The molecule has 0 aliphatic rings. The summed E-state index contributed by atoms with van der Waals surface area (Å²) >= 11 is 0. The third-order valence-electron chi connectivity index (χ3n) is 7.71. The van der Waals surface area contributed by atoms with Gasteiger partial charge in [0.1, 0.15) is 23.5 Å². The van der Waals surface area contributed by atoms with Crippen molar-refractivity contribution in [2.24, 2.45) is 5.73 Å². The molecule has 2 atom stereocenters. The Hall–Kier alpha value is -7.02.